The summed E-state index contributed by atoms with van der Waals surface area (Å²) in [6, 6.07) is 20.0. The van der Waals surface area contributed by atoms with E-state index in [1.54, 1.807) is 23.8 Å². The number of nitrogens with zero attached hydrogens (tertiary/aromatic N) is 1. The largest absolute Gasteiger partial charge is 0.456 e. The summed E-state index contributed by atoms with van der Waals surface area (Å²) in [6.07, 6.45) is 4.22. The number of hydrogen-bond donors (Lipinski definition) is 1. The van der Waals surface area contributed by atoms with Gasteiger partial charge in [-0.2, -0.15) is 0 Å². The number of fused-ring (bicyclic) bond motifs is 3. The molecular formula is C26H26N2O3S. The monoisotopic (exact) mass is 446 g/mol. The van der Waals surface area contributed by atoms with E-state index in [-0.39, 0.29) is 4.90 Å². The lowest BCUT2D eigenvalue weighted by atomic mass is 9.93. The molecule has 0 amide bonds. The van der Waals surface area contributed by atoms with Crippen LogP contribution < -0.4 is 4.72 Å². The fraction of sp³-hybridized carbons (Fsp3) is 0.308. The first-order valence-electron chi connectivity index (χ1n) is 11.4. The highest BCUT2D eigenvalue weighted by Crippen LogP contribution is 2.41. The van der Waals surface area contributed by atoms with Gasteiger partial charge in [0.25, 0.3) is 0 Å². The Kier molecular flexibility index (Phi) is 4.82. The van der Waals surface area contributed by atoms with Gasteiger partial charge >= 0.3 is 0 Å². The minimum Gasteiger partial charge on any atom is -0.456 e. The molecule has 0 radical (unpaired) electrons. The van der Waals surface area contributed by atoms with Gasteiger partial charge in [0.1, 0.15) is 11.2 Å². The molecule has 1 aliphatic heterocycles. The number of furan rings is 1. The molecule has 0 fully saturated rings. The molecule has 0 bridgehead atoms. The van der Waals surface area contributed by atoms with Crippen molar-refractivity contribution in [3.05, 3.63) is 77.4 Å². The van der Waals surface area contributed by atoms with Gasteiger partial charge < -0.3 is 4.42 Å². The topological polar surface area (TPSA) is 62.6 Å². The van der Waals surface area contributed by atoms with Crippen molar-refractivity contribution in [1.29, 1.82) is 0 Å². The molecule has 32 heavy (non-hydrogen) atoms. The maximum absolute atomic E-state index is 12.9. The summed E-state index contributed by atoms with van der Waals surface area (Å²) in [7, 11) is -3.57. The minimum absolute atomic E-state index is 0.281. The molecule has 1 aromatic heterocycles. The number of nitrogens with one attached hydrogen (secondary N) is 1. The van der Waals surface area contributed by atoms with Gasteiger partial charge in [-0.1, -0.05) is 36.4 Å². The van der Waals surface area contributed by atoms with Gasteiger partial charge in [0, 0.05) is 36.4 Å². The van der Waals surface area contributed by atoms with Crippen molar-refractivity contribution in [3.8, 4) is 0 Å². The van der Waals surface area contributed by atoms with E-state index < -0.39 is 10.0 Å². The third-order valence-corrected chi connectivity index (χ3v) is 8.45. The number of benzene rings is 3. The van der Waals surface area contributed by atoms with E-state index in [1.165, 1.54) is 17.5 Å². The van der Waals surface area contributed by atoms with E-state index in [2.05, 4.69) is 27.8 Å². The highest BCUT2D eigenvalue weighted by atomic mass is 32.2. The molecule has 0 spiro atoms. The van der Waals surface area contributed by atoms with Crippen molar-refractivity contribution < 1.29 is 12.8 Å². The summed E-state index contributed by atoms with van der Waals surface area (Å²) in [5, 5.41) is 1.76. The van der Waals surface area contributed by atoms with Crippen LogP contribution in [0.4, 0.5) is 0 Å². The Morgan fingerprint density at radius 2 is 1.75 bits per heavy atom. The molecular weight excluding hydrogens is 420 g/mol. The summed E-state index contributed by atoms with van der Waals surface area (Å²) in [5.41, 5.74) is 6.01. The van der Waals surface area contributed by atoms with Crippen molar-refractivity contribution >= 4 is 32.0 Å². The lowest BCUT2D eigenvalue weighted by molar-refractivity contribution is 0.184. The Morgan fingerprint density at radius 3 is 2.66 bits per heavy atom. The molecule has 3 aromatic carbocycles. The molecule has 4 aromatic rings. The lowest BCUT2D eigenvalue weighted by Gasteiger charge is -2.35. The molecule has 1 unspecified atom stereocenters. The van der Waals surface area contributed by atoms with Crippen LogP contribution >= 0.6 is 0 Å². The molecule has 1 N–H and O–H groups in total. The molecule has 164 valence electrons. The Balaban J connectivity index is 1.13. The molecule has 2 aliphatic rings. The fourth-order valence-corrected chi connectivity index (χ4v) is 6.56. The lowest BCUT2D eigenvalue weighted by Crippen LogP contribution is -2.36. The van der Waals surface area contributed by atoms with Crippen LogP contribution in [0.5, 0.6) is 0 Å². The van der Waals surface area contributed by atoms with Crippen LogP contribution in [0.1, 0.15) is 35.6 Å². The normalized spacial score (nSPS) is 18.4. The van der Waals surface area contributed by atoms with Gasteiger partial charge in [0.05, 0.1) is 4.90 Å². The predicted octanol–water partition coefficient (Wildman–Crippen LogP) is 4.80. The quantitative estimate of drug-likeness (QED) is 0.432. The summed E-state index contributed by atoms with van der Waals surface area (Å²) in [6.45, 7) is 2.40. The van der Waals surface area contributed by atoms with Crippen molar-refractivity contribution in [2.75, 3.05) is 19.6 Å². The van der Waals surface area contributed by atoms with Crippen LogP contribution in [0.3, 0.4) is 0 Å². The Hall–Kier alpha value is -2.67. The maximum Gasteiger partial charge on any atom is 0.240 e. The summed E-state index contributed by atoms with van der Waals surface area (Å²) in [5.74, 6) is 0. The van der Waals surface area contributed by atoms with Crippen LogP contribution in [0.15, 0.2) is 70.0 Å². The number of para-hydroxylation sites is 1. The number of rotatable bonds is 6. The van der Waals surface area contributed by atoms with E-state index in [4.69, 9.17) is 4.42 Å². The third-order valence-electron chi connectivity index (χ3n) is 6.99. The first-order chi connectivity index (χ1) is 15.6. The van der Waals surface area contributed by atoms with Crippen LogP contribution in [-0.4, -0.2) is 33.0 Å². The van der Waals surface area contributed by atoms with E-state index in [9.17, 15) is 8.42 Å². The van der Waals surface area contributed by atoms with Gasteiger partial charge in [0.15, 0.2) is 0 Å². The first kappa shape index (κ1) is 20.0. The third kappa shape index (κ3) is 3.34. The molecule has 1 aliphatic carbocycles. The summed E-state index contributed by atoms with van der Waals surface area (Å²) < 4.78 is 34.5. The van der Waals surface area contributed by atoms with E-state index in [0.717, 1.165) is 48.7 Å². The second-order valence-corrected chi connectivity index (χ2v) is 10.6. The molecule has 2 heterocycles. The van der Waals surface area contributed by atoms with Crippen LogP contribution in [0.25, 0.3) is 21.9 Å². The van der Waals surface area contributed by atoms with Crippen molar-refractivity contribution in [2.45, 2.75) is 36.6 Å². The van der Waals surface area contributed by atoms with E-state index >= 15 is 0 Å². The average Bonchev–Trinajstić information content (AvgIpc) is 3.41. The fourth-order valence-electron chi connectivity index (χ4n) is 5.46. The first-order valence-corrected chi connectivity index (χ1v) is 12.8. The van der Waals surface area contributed by atoms with Crippen molar-refractivity contribution in [3.63, 3.8) is 0 Å². The SMILES string of the molecule is O=S(=O)(NCCCN1CCc2cccc3c2C1CC3)c1ccc2oc3ccccc3c2c1. The zero-order valence-electron chi connectivity index (χ0n) is 17.9. The maximum atomic E-state index is 12.9. The van der Waals surface area contributed by atoms with Gasteiger partial charge in [0.2, 0.25) is 10.0 Å². The smallest absolute Gasteiger partial charge is 0.240 e. The van der Waals surface area contributed by atoms with Crippen molar-refractivity contribution in [1.82, 2.24) is 9.62 Å². The second-order valence-electron chi connectivity index (χ2n) is 8.84. The van der Waals surface area contributed by atoms with Gasteiger partial charge in [-0.25, -0.2) is 13.1 Å². The Bertz CT molecular complexity index is 1420. The number of hydrogen-bond acceptors (Lipinski definition) is 4. The van der Waals surface area contributed by atoms with Gasteiger partial charge in [-0.15, -0.1) is 0 Å². The van der Waals surface area contributed by atoms with Crippen LogP contribution in [-0.2, 0) is 22.9 Å². The number of sulfonamides is 1. The molecule has 1 atom stereocenters. The summed E-state index contributed by atoms with van der Waals surface area (Å²) in [4.78, 5) is 2.82. The Labute approximate surface area is 188 Å². The molecule has 6 heteroatoms. The summed E-state index contributed by atoms with van der Waals surface area (Å²) >= 11 is 0. The van der Waals surface area contributed by atoms with E-state index in [1.807, 2.05) is 24.3 Å². The second kappa shape index (κ2) is 7.73. The zero-order chi connectivity index (χ0) is 21.7. The predicted molar refractivity (Wildman–Crippen MR) is 126 cm³/mol. The number of aryl methyl sites for hydroxylation is 1. The van der Waals surface area contributed by atoms with Crippen molar-refractivity contribution in [2.24, 2.45) is 0 Å². The molecule has 0 saturated carbocycles. The van der Waals surface area contributed by atoms with Crippen LogP contribution in [0.2, 0.25) is 0 Å². The molecule has 0 saturated heterocycles. The van der Waals surface area contributed by atoms with Crippen LogP contribution in [0, 0.1) is 0 Å². The van der Waals surface area contributed by atoms with Gasteiger partial charge in [-0.05, 0) is 66.6 Å². The highest BCUT2D eigenvalue weighted by molar-refractivity contribution is 7.89. The standard InChI is InChI=1S/C26H26N2O3S/c29-32(30,20-10-12-25-22(17-20)21-7-1-2-8-24(21)31-25)27-14-4-15-28-16-13-19-6-3-5-18-9-11-23(28)26(18)19/h1-3,5-8,10,12,17,23,27H,4,9,11,13-16H2. The Morgan fingerprint density at radius 1 is 0.938 bits per heavy atom. The van der Waals surface area contributed by atoms with E-state index in [0.29, 0.717) is 18.2 Å². The molecule has 5 nitrogen and oxygen atoms in total. The van der Waals surface area contributed by atoms with Gasteiger partial charge in [-0.3, -0.25) is 4.90 Å². The average molecular weight is 447 g/mol. The minimum atomic E-state index is -3.57. The molecule has 6 rings (SSSR count). The highest BCUT2D eigenvalue weighted by Gasteiger charge is 2.32. The zero-order valence-corrected chi connectivity index (χ0v) is 18.7.